The van der Waals surface area contributed by atoms with Crippen LogP contribution in [0.25, 0.3) is 10.9 Å². The Morgan fingerprint density at radius 2 is 1.75 bits per heavy atom. The summed E-state index contributed by atoms with van der Waals surface area (Å²) in [7, 11) is 0. The van der Waals surface area contributed by atoms with Crippen LogP contribution in [-0.2, 0) is 24.2 Å². The molecule has 4 nitrogen and oxygen atoms in total. The maximum atomic E-state index is 14.5. The predicted molar refractivity (Wildman–Crippen MR) is 109 cm³/mol. The van der Waals surface area contributed by atoms with E-state index in [1.165, 1.54) is 5.69 Å². The van der Waals surface area contributed by atoms with E-state index in [4.69, 9.17) is 9.72 Å². The molecule has 0 radical (unpaired) electrons. The van der Waals surface area contributed by atoms with Crippen molar-refractivity contribution < 1.29 is 9.13 Å². The fourth-order valence-electron chi connectivity index (χ4n) is 4.28. The van der Waals surface area contributed by atoms with Crippen molar-refractivity contribution in [1.29, 1.82) is 0 Å². The second-order valence-electron chi connectivity index (χ2n) is 7.58. The van der Waals surface area contributed by atoms with Crippen LogP contribution < -0.4 is 4.90 Å². The van der Waals surface area contributed by atoms with Crippen LogP contribution in [0.4, 0.5) is 10.1 Å². The molecular formula is C23H24FN3O. The second kappa shape index (κ2) is 7.49. The Morgan fingerprint density at radius 1 is 0.929 bits per heavy atom. The lowest BCUT2D eigenvalue weighted by atomic mass is 10.1. The molecule has 0 saturated carbocycles. The summed E-state index contributed by atoms with van der Waals surface area (Å²) in [4.78, 5) is 9.43. The molecule has 0 aliphatic carbocycles. The van der Waals surface area contributed by atoms with E-state index in [0.717, 1.165) is 73.5 Å². The average Bonchev–Trinajstić information content (AvgIpc) is 3.18. The van der Waals surface area contributed by atoms with Gasteiger partial charge in [0.2, 0.25) is 0 Å². The first-order valence-corrected chi connectivity index (χ1v) is 9.98. The molecule has 0 amide bonds. The van der Waals surface area contributed by atoms with Gasteiger partial charge < -0.3 is 9.64 Å². The third-order valence-electron chi connectivity index (χ3n) is 5.80. The number of aromatic nitrogens is 1. The molecule has 3 aromatic rings. The van der Waals surface area contributed by atoms with Gasteiger partial charge >= 0.3 is 0 Å². The highest BCUT2D eigenvalue weighted by Crippen LogP contribution is 2.34. The zero-order valence-electron chi connectivity index (χ0n) is 15.9. The zero-order chi connectivity index (χ0) is 18.9. The van der Waals surface area contributed by atoms with Gasteiger partial charge in [0.15, 0.2) is 0 Å². The quantitative estimate of drug-likeness (QED) is 0.692. The van der Waals surface area contributed by atoms with Crippen molar-refractivity contribution in [2.45, 2.75) is 19.5 Å². The fraction of sp³-hybridized carbons (Fsp3) is 0.348. The highest BCUT2D eigenvalue weighted by molar-refractivity contribution is 5.78. The van der Waals surface area contributed by atoms with Gasteiger partial charge in [-0.2, -0.15) is 0 Å². The van der Waals surface area contributed by atoms with Crippen LogP contribution in [0.1, 0.15) is 16.8 Å². The standard InChI is InChI=1S/C23H24FN3O/c24-21-7-8-23(27-11-13-28-14-12-27)20-16-26(15-19(20)21)10-9-18-6-5-17-3-1-2-4-22(17)25-18/h1-8H,9-16H2. The minimum atomic E-state index is -0.0849. The molecule has 1 fully saturated rings. The molecule has 2 aliphatic heterocycles. The monoisotopic (exact) mass is 377 g/mol. The smallest absolute Gasteiger partial charge is 0.128 e. The van der Waals surface area contributed by atoms with Crippen molar-refractivity contribution in [3.8, 4) is 0 Å². The highest BCUT2D eigenvalue weighted by Gasteiger charge is 2.27. The summed E-state index contributed by atoms with van der Waals surface area (Å²) in [5.41, 5.74) is 5.30. The highest BCUT2D eigenvalue weighted by atomic mass is 19.1. The Bertz CT molecular complexity index is 1000. The van der Waals surface area contributed by atoms with Crippen molar-refractivity contribution in [2.24, 2.45) is 0 Å². The minimum absolute atomic E-state index is 0.0849. The molecule has 3 heterocycles. The number of anilines is 1. The molecule has 28 heavy (non-hydrogen) atoms. The van der Waals surface area contributed by atoms with Gasteiger partial charge in [-0.3, -0.25) is 9.88 Å². The first kappa shape index (κ1) is 17.6. The van der Waals surface area contributed by atoms with Gasteiger partial charge in [-0.25, -0.2) is 4.39 Å². The zero-order valence-corrected chi connectivity index (χ0v) is 15.9. The van der Waals surface area contributed by atoms with Crippen LogP contribution in [0.5, 0.6) is 0 Å². The van der Waals surface area contributed by atoms with Crippen molar-refractivity contribution in [3.63, 3.8) is 0 Å². The predicted octanol–water partition coefficient (Wildman–Crippen LogP) is 3.77. The van der Waals surface area contributed by atoms with Gasteiger partial charge in [0, 0.05) is 61.5 Å². The Hall–Kier alpha value is -2.50. The van der Waals surface area contributed by atoms with E-state index in [1.54, 1.807) is 6.07 Å². The third-order valence-corrected chi connectivity index (χ3v) is 5.80. The molecule has 5 heteroatoms. The molecule has 1 aromatic heterocycles. The van der Waals surface area contributed by atoms with Crippen LogP contribution in [0.2, 0.25) is 0 Å². The van der Waals surface area contributed by atoms with Crippen LogP contribution >= 0.6 is 0 Å². The number of nitrogens with zero attached hydrogens (tertiary/aromatic N) is 3. The number of pyridine rings is 1. The largest absolute Gasteiger partial charge is 0.378 e. The van der Waals surface area contributed by atoms with Gasteiger partial charge in [-0.05, 0) is 29.8 Å². The molecule has 1 saturated heterocycles. The van der Waals surface area contributed by atoms with E-state index < -0.39 is 0 Å². The summed E-state index contributed by atoms with van der Waals surface area (Å²) in [6.07, 6.45) is 0.868. The number of morpholine rings is 1. The van der Waals surface area contributed by atoms with E-state index >= 15 is 0 Å². The molecule has 0 spiro atoms. The summed E-state index contributed by atoms with van der Waals surface area (Å²) in [6, 6.07) is 16.0. The minimum Gasteiger partial charge on any atom is -0.378 e. The summed E-state index contributed by atoms with van der Waals surface area (Å²) < 4.78 is 19.9. The summed E-state index contributed by atoms with van der Waals surface area (Å²) in [5.74, 6) is -0.0849. The number of rotatable bonds is 4. The van der Waals surface area contributed by atoms with Crippen LogP contribution in [-0.4, -0.2) is 42.7 Å². The molecule has 0 bridgehead atoms. The maximum Gasteiger partial charge on any atom is 0.128 e. The van der Waals surface area contributed by atoms with E-state index in [-0.39, 0.29) is 5.82 Å². The van der Waals surface area contributed by atoms with Gasteiger partial charge in [0.1, 0.15) is 5.82 Å². The van der Waals surface area contributed by atoms with Gasteiger partial charge in [-0.1, -0.05) is 24.3 Å². The molecule has 5 rings (SSSR count). The molecule has 2 aromatic carbocycles. The molecule has 2 aliphatic rings. The first-order chi connectivity index (χ1) is 13.8. The lowest BCUT2D eigenvalue weighted by molar-refractivity contribution is 0.122. The summed E-state index contributed by atoms with van der Waals surface area (Å²) >= 11 is 0. The Labute approximate surface area is 164 Å². The molecule has 144 valence electrons. The maximum absolute atomic E-state index is 14.5. The average molecular weight is 377 g/mol. The molecule has 0 atom stereocenters. The number of para-hydroxylation sites is 1. The second-order valence-corrected chi connectivity index (χ2v) is 7.58. The number of halogens is 1. The lowest BCUT2D eigenvalue weighted by Crippen LogP contribution is -2.36. The third kappa shape index (κ3) is 3.36. The SMILES string of the molecule is Fc1ccc(N2CCOCC2)c2c1CN(CCc1ccc3ccccc3n1)C2. The van der Waals surface area contributed by atoms with Crippen molar-refractivity contribution in [2.75, 3.05) is 37.7 Å². The van der Waals surface area contributed by atoms with E-state index in [9.17, 15) is 4.39 Å². The van der Waals surface area contributed by atoms with Crippen molar-refractivity contribution >= 4 is 16.6 Å². The van der Waals surface area contributed by atoms with Crippen molar-refractivity contribution in [3.05, 3.63) is 71.2 Å². The first-order valence-electron chi connectivity index (χ1n) is 9.98. The van der Waals surface area contributed by atoms with Crippen molar-refractivity contribution in [1.82, 2.24) is 9.88 Å². The van der Waals surface area contributed by atoms with Gasteiger partial charge in [0.25, 0.3) is 0 Å². The molecule has 0 N–H and O–H groups in total. The number of hydrogen-bond donors (Lipinski definition) is 0. The molecule has 0 unspecified atom stereocenters. The number of fused-ring (bicyclic) bond motifs is 2. The number of benzene rings is 2. The van der Waals surface area contributed by atoms with Crippen LogP contribution in [0.3, 0.4) is 0 Å². The summed E-state index contributed by atoms with van der Waals surface area (Å²) in [6.45, 7) is 5.58. The topological polar surface area (TPSA) is 28.6 Å². The van der Waals surface area contributed by atoms with Gasteiger partial charge in [-0.15, -0.1) is 0 Å². The van der Waals surface area contributed by atoms with Crippen LogP contribution in [0.15, 0.2) is 48.5 Å². The Kier molecular flexibility index (Phi) is 4.71. The number of hydrogen-bond acceptors (Lipinski definition) is 4. The van der Waals surface area contributed by atoms with Crippen LogP contribution in [0, 0.1) is 5.82 Å². The van der Waals surface area contributed by atoms with E-state index in [0.29, 0.717) is 6.54 Å². The molecular weight excluding hydrogens is 353 g/mol. The number of ether oxygens (including phenoxy) is 1. The Balaban J connectivity index is 1.31. The normalized spacial score (nSPS) is 17.2. The van der Waals surface area contributed by atoms with E-state index in [1.807, 2.05) is 18.2 Å². The lowest BCUT2D eigenvalue weighted by Gasteiger charge is -2.30. The van der Waals surface area contributed by atoms with E-state index in [2.05, 4.69) is 34.1 Å². The summed E-state index contributed by atoms with van der Waals surface area (Å²) in [5, 5.41) is 1.16. The Morgan fingerprint density at radius 3 is 2.64 bits per heavy atom. The fourth-order valence-corrected chi connectivity index (χ4v) is 4.28. The van der Waals surface area contributed by atoms with Gasteiger partial charge in [0.05, 0.1) is 18.7 Å².